The molecule has 0 aliphatic heterocycles. The predicted molar refractivity (Wildman–Crippen MR) is 69.8 cm³/mol. The lowest BCUT2D eigenvalue weighted by molar-refractivity contribution is -0.121. The van der Waals surface area contributed by atoms with Gasteiger partial charge in [0.2, 0.25) is 5.91 Å². The van der Waals surface area contributed by atoms with Gasteiger partial charge in [-0.2, -0.15) is 0 Å². The van der Waals surface area contributed by atoms with Crippen LogP contribution in [0.2, 0.25) is 0 Å². The van der Waals surface area contributed by atoms with Crippen LogP contribution in [0.3, 0.4) is 0 Å². The summed E-state index contributed by atoms with van der Waals surface area (Å²) in [5.74, 6) is 0.219. The van der Waals surface area contributed by atoms with E-state index in [1.807, 2.05) is 0 Å². The van der Waals surface area contributed by atoms with Gasteiger partial charge in [-0.15, -0.1) is 0 Å². The molecule has 2 N–H and O–H groups in total. The topological polar surface area (TPSA) is 41.1 Å². The molecule has 3 heteroatoms. The van der Waals surface area contributed by atoms with Crippen LogP contribution in [0.25, 0.3) is 0 Å². The van der Waals surface area contributed by atoms with Crippen molar-refractivity contribution in [1.29, 1.82) is 0 Å². The van der Waals surface area contributed by atoms with Gasteiger partial charge in [0.15, 0.2) is 0 Å². The Balaban J connectivity index is 1.54. The first-order valence-corrected chi connectivity index (χ1v) is 7.08. The highest BCUT2D eigenvalue weighted by molar-refractivity contribution is 5.76. The molecule has 0 unspecified atom stereocenters. The number of amides is 1. The molecule has 98 valence electrons. The van der Waals surface area contributed by atoms with E-state index in [9.17, 15) is 4.79 Å². The minimum absolute atomic E-state index is 0.219. The minimum Gasteiger partial charge on any atom is -0.353 e. The van der Waals surface area contributed by atoms with Crippen LogP contribution in [0.4, 0.5) is 0 Å². The summed E-state index contributed by atoms with van der Waals surface area (Å²) in [6.45, 7) is 5.54. The third-order valence-electron chi connectivity index (χ3n) is 4.07. The highest BCUT2D eigenvalue weighted by atomic mass is 16.1. The van der Waals surface area contributed by atoms with Crippen LogP contribution in [-0.2, 0) is 4.79 Å². The van der Waals surface area contributed by atoms with Crippen LogP contribution >= 0.6 is 0 Å². The van der Waals surface area contributed by atoms with Crippen molar-refractivity contribution in [2.45, 2.75) is 70.9 Å². The fourth-order valence-electron chi connectivity index (χ4n) is 2.52. The monoisotopic (exact) mass is 238 g/mol. The highest BCUT2D eigenvalue weighted by Crippen LogP contribution is 2.34. The number of hydrogen-bond donors (Lipinski definition) is 2. The molecule has 0 atom stereocenters. The Morgan fingerprint density at radius 3 is 2.35 bits per heavy atom. The molecule has 2 rings (SSSR count). The van der Waals surface area contributed by atoms with Crippen molar-refractivity contribution in [2.24, 2.45) is 5.41 Å². The SMILES string of the molecule is CC1(C)CCC(NCCC(=O)NC2CC2)CC1. The summed E-state index contributed by atoms with van der Waals surface area (Å²) in [7, 11) is 0. The van der Waals surface area contributed by atoms with Crippen molar-refractivity contribution in [3.05, 3.63) is 0 Å². The van der Waals surface area contributed by atoms with Crippen LogP contribution in [0.1, 0.15) is 58.8 Å². The van der Waals surface area contributed by atoms with Crippen LogP contribution in [0, 0.1) is 5.41 Å². The fraction of sp³-hybridized carbons (Fsp3) is 0.929. The van der Waals surface area contributed by atoms with Gasteiger partial charge in [-0.1, -0.05) is 13.8 Å². The van der Waals surface area contributed by atoms with E-state index >= 15 is 0 Å². The maximum Gasteiger partial charge on any atom is 0.221 e. The van der Waals surface area contributed by atoms with Gasteiger partial charge in [0, 0.05) is 25.0 Å². The van der Waals surface area contributed by atoms with Gasteiger partial charge in [-0.3, -0.25) is 4.79 Å². The summed E-state index contributed by atoms with van der Waals surface area (Å²) in [5, 5.41) is 6.55. The van der Waals surface area contributed by atoms with Crippen molar-refractivity contribution in [3.8, 4) is 0 Å². The molecule has 0 heterocycles. The Hall–Kier alpha value is -0.570. The largest absolute Gasteiger partial charge is 0.353 e. The molecule has 17 heavy (non-hydrogen) atoms. The van der Waals surface area contributed by atoms with E-state index in [1.54, 1.807) is 0 Å². The van der Waals surface area contributed by atoms with Gasteiger partial charge >= 0.3 is 0 Å². The van der Waals surface area contributed by atoms with E-state index in [4.69, 9.17) is 0 Å². The molecule has 1 amide bonds. The zero-order valence-corrected chi connectivity index (χ0v) is 11.2. The summed E-state index contributed by atoms with van der Waals surface area (Å²) in [4.78, 5) is 11.5. The number of rotatable bonds is 5. The maximum atomic E-state index is 11.5. The van der Waals surface area contributed by atoms with E-state index in [1.165, 1.54) is 38.5 Å². The Kier molecular flexibility index (Phi) is 4.08. The predicted octanol–water partition coefficient (Wildman–Crippen LogP) is 2.21. The normalized spacial score (nSPS) is 24.6. The molecule has 2 fully saturated rings. The van der Waals surface area contributed by atoms with Gasteiger partial charge in [-0.25, -0.2) is 0 Å². The second-order valence-corrected chi connectivity index (χ2v) is 6.48. The molecule has 0 radical (unpaired) electrons. The maximum absolute atomic E-state index is 11.5. The first-order valence-electron chi connectivity index (χ1n) is 7.08. The molecule has 0 aromatic heterocycles. The molecule has 0 saturated heterocycles. The van der Waals surface area contributed by atoms with Crippen LogP contribution in [0.15, 0.2) is 0 Å². The van der Waals surface area contributed by atoms with E-state index in [-0.39, 0.29) is 5.91 Å². The second kappa shape index (κ2) is 5.38. The lowest BCUT2D eigenvalue weighted by Gasteiger charge is -2.34. The number of nitrogens with one attached hydrogen (secondary N) is 2. The smallest absolute Gasteiger partial charge is 0.221 e. The first kappa shape index (κ1) is 12.9. The van der Waals surface area contributed by atoms with Crippen LogP contribution in [0.5, 0.6) is 0 Å². The lowest BCUT2D eigenvalue weighted by atomic mass is 9.75. The van der Waals surface area contributed by atoms with E-state index in [0.29, 0.717) is 23.9 Å². The Morgan fingerprint density at radius 1 is 1.12 bits per heavy atom. The Morgan fingerprint density at radius 2 is 1.76 bits per heavy atom. The van der Waals surface area contributed by atoms with Gasteiger partial charge in [0.1, 0.15) is 0 Å². The van der Waals surface area contributed by atoms with Crippen molar-refractivity contribution >= 4 is 5.91 Å². The lowest BCUT2D eigenvalue weighted by Crippen LogP contribution is -2.38. The number of hydrogen-bond acceptors (Lipinski definition) is 2. The molecule has 2 aliphatic carbocycles. The Bertz CT molecular complexity index is 261. The molecule has 0 aromatic carbocycles. The summed E-state index contributed by atoms with van der Waals surface area (Å²) in [6.07, 6.45) is 8.12. The summed E-state index contributed by atoms with van der Waals surface area (Å²) in [6, 6.07) is 1.13. The summed E-state index contributed by atoms with van der Waals surface area (Å²) < 4.78 is 0. The standard InChI is InChI=1S/C14H26N2O/c1-14(2)8-5-11(6-9-14)15-10-7-13(17)16-12-3-4-12/h11-12,15H,3-10H2,1-2H3,(H,16,17). The van der Waals surface area contributed by atoms with Gasteiger partial charge < -0.3 is 10.6 Å². The second-order valence-electron chi connectivity index (χ2n) is 6.48. The molecule has 0 bridgehead atoms. The molecular weight excluding hydrogens is 212 g/mol. The zero-order chi connectivity index (χ0) is 12.3. The molecular formula is C14H26N2O. The van der Waals surface area contributed by atoms with Crippen molar-refractivity contribution in [1.82, 2.24) is 10.6 Å². The van der Waals surface area contributed by atoms with E-state index < -0.39 is 0 Å². The molecule has 2 aliphatic rings. The van der Waals surface area contributed by atoms with Crippen molar-refractivity contribution in [3.63, 3.8) is 0 Å². The number of carbonyl (C=O) groups excluding carboxylic acids is 1. The van der Waals surface area contributed by atoms with Crippen LogP contribution < -0.4 is 10.6 Å². The van der Waals surface area contributed by atoms with Gasteiger partial charge in [0.25, 0.3) is 0 Å². The molecule has 0 spiro atoms. The van der Waals surface area contributed by atoms with E-state index in [2.05, 4.69) is 24.5 Å². The van der Waals surface area contributed by atoms with Gasteiger partial charge in [0.05, 0.1) is 0 Å². The first-order chi connectivity index (χ1) is 8.05. The van der Waals surface area contributed by atoms with Crippen molar-refractivity contribution < 1.29 is 4.79 Å². The zero-order valence-electron chi connectivity index (χ0n) is 11.2. The third kappa shape index (κ3) is 4.66. The summed E-state index contributed by atoms with van der Waals surface area (Å²) >= 11 is 0. The van der Waals surface area contributed by atoms with E-state index in [0.717, 1.165) is 6.54 Å². The third-order valence-corrected chi connectivity index (χ3v) is 4.07. The minimum atomic E-state index is 0.219. The average Bonchev–Trinajstić information content (AvgIpc) is 3.04. The molecule has 3 nitrogen and oxygen atoms in total. The molecule has 2 saturated carbocycles. The number of carbonyl (C=O) groups is 1. The highest BCUT2D eigenvalue weighted by Gasteiger charge is 2.26. The Labute approximate surface area is 105 Å². The fourth-order valence-corrected chi connectivity index (χ4v) is 2.52. The van der Waals surface area contributed by atoms with Crippen molar-refractivity contribution in [2.75, 3.05) is 6.54 Å². The van der Waals surface area contributed by atoms with Crippen LogP contribution in [-0.4, -0.2) is 24.5 Å². The quantitative estimate of drug-likeness (QED) is 0.771. The summed E-state index contributed by atoms with van der Waals surface area (Å²) in [5.41, 5.74) is 0.529. The average molecular weight is 238 g/mol. The van der Waals surface area contributed by atoms with Gasteiger partial charge in [-0.05, 0) is 43.9 Å². The molecule has 0 aromatic rings.